The Morgan fingerprint density at radius 2 is 2.12 bits per heavy atom. The van der Waals surface area contributed by atoms with Crippen LogP contribution in [0.2, 0.25) is 0 Å². The molecule has 0 bridgehead atoms. The molecular weight excluding hydrogens is 316 g/mol. The Labute approximate surface area is 146 Å². The minimum atomic E-state index is -0.254. The van der Waals surface area contributed by atoms with Gasteiger partial charge in [-0.15, -0.1) is 0 Å². The fraction of sp³-hybridized carbons (Fsp3) is 0.316. The van der Waals surface area contributed by atoms with Gasteiger partial charge in [0.15, 0.2) is 0 Å². The van der Waals surface area contributed by atoms with Crippen LogP contribution in [0, 0.1) is 0 Å². The monoisotopic (exact) mass is 336 g/mol. The van der Waals surface area contributed by atoms with E-state index in [1.165, 1.54) is 0 Å². The number of amides is 1. The third-order valence-corrected chi connectivity index (χ3v) is 4.56. The number of imidazole rings is 1. The Balaban J connectivity index is 1.41. The van der Waals surface area contributed by atoms with E-state index >= 15 is 0 Å². The van der Waals surface area contributed by atoms with E-state index in [0.29, 0.717) is 18.9 Å². The van der Waals surface area contributed by atoms with Gasteiger partial charge in [-0.2, -0.15) is 0 Å². The summed E-state index contributed by atoms with van der Waals surface area (Å²) in [4.78, 5) is 23.0. The van der Waals surface area contributed by atoms with Gasteiger partial charge in [0.25, 0.3) is 0 Å². The van der Waals surface area contributed by atoms with E-state index in [0.717, 1.165) is 30.6 Å². The molecule has 1 fully saturated rings. The van der Waals surface area contributed by atoms with Gasteiger partial charge in [-0.25, -0.2) is 14.8 Å². The molecule has 1 amide bonds. The van der Waals surface area contributed by atoms with Crippen LogP contribution >= 0.6 is 0 Å². The summed E-state index contributed by atoms with van der Waals surface area (Å²) in [7, 11) is 0. The quantitative estimate of drug-likeness (QED) is 0.737. The molecule has 0 radical (unpaired) electrons. The average Bonchev–Trinajstić information content (AvgIpc) is 3.11. The first kappa shape index (κ1) is 15.6. The number of carbonyl (C=O) groups excluding carboxylic acids is 1. The topological polar surface area (TPSA) is 59.7 Å². The zero-order valence-corrected chi connectivity index (χ0v) is 13.9. The summed E-state index contributed by atoms with van der Waals surface area (Å²) >= 11 is 0. The molecule has 2 aromatic heterocycles. The summed E-state index contributed by atoms with van der Waals surface area (Å²) in [6, 6.07) is 11.6. The van der Waals surface area contributed by atoms with Gasteiger partial charge in [0, 0.05) is 37.6 Å². The number of piperidine rings is 1. The highest BCUT2D eigenvalue weighted by atomic mass is 16.6. The molecule has 1 saturated heterocycles. The van der Waals surface area contributed by atoms with Crippen LogP contribution < -0.4 is 0 Å². The molecule has 6 nitrogen and oxygen atoms in total. The second-order valence-electron chi connectivity index (χ2n) is 6.32. The molecule has 128 valence electrons. The van der Waals surface area contributed by atoms with Crippen LogP contribution in [0.5, 0.6) is 0 Å². The van der Waals surface area contributed by atoms with Crippen LogP contribution in [0.25, 0.3) is 5.78 Å². The summed E-state index contributed by atoms with van der Waals surface area (Å²) in [5, 5.41) is 0. The maximum absolute atomic E-state index is 12.4. The van der Waals surface area contributed by atoms with Gasteiger partial charge in [-0.3, -0.25) is 4.40 Å². The first-order chi connectivity index (χ1) is 12.3. The molecule has 1 atom stereocenters. The molecule has 0 spiro atoms. The first-order valence-electron chi connectivity index (χ1n) is 8.55. The van der Waals surface area contributed by atoms with Gasteiger partial charge < -0.3 is 9.64 Å². The maximum atomic E-state index is 12.4. The Bertz CT molecular complexity index is 829. The number of nitrogens with zero attached hydrogens (tertiary/aromatic N) is 4. The highest BCUT2D eigenvalue weighted by Gasteiger charge is 2.27. The van der Waals surface area contributed by atoms with Crippen LogP contribution in [0.3, 0.4) is 0 Å². The molecule has 0 saturated carbocycles. The molecule has 1 unspecified atom stereocenters. The second-order valence-corrected chi connectivity index (χ2v) is 6.32. The van der Waals surface area contributed by atoms with E-state index < -0.39 is 0 Å². The van der Waals surface area contributed by atoms with E-state index in [1.54, 1.807) is 11.1 Å². The van der Waals surface area contributed by atoms with Crippen molar-refractivity contribution in [3.8, 4) is 0 Å². The van der Waals surface area contributed by atoms with E-state index in [-0.39, 0.29) is 12.0 Å². The number of hydrogen-bond donors (Lipinski definition) is 0. The predicted molar refractivity (Wildman–Crippen MR) is 93.2 cm³/mol. The molecule has 0 aliphatic carbocycles. The lowest BCUT2D eigenvalue weighted by Gasteiger charge is -2.31. The Morgan fingerprint density at radius 1 is 1.24 bits per heavy atom. The third kappa shape index (κ3) is 3.47. The number of ether oxygens (including phenoxy) is 1. The number of carbonyl (C=O) groups is 1. The van der Waals surface area contributed by atoms with Gasteiger partial charge in [0.05, 0.1) is 5.69 Å². The number of benzene rings is 1. The lowest BCUT2D eigenvalue weighted by atomic mass is 9.95. The lowest BCUT2D eigenvalue weighted by Crippen LogP contribution is -2.39. The molecule has 1 aliphatic heterocycles. The van der Waals surface area contributed by atoms with Crippen LogP contribution in [0.15, 0.2) is 55.0 Å². The Hall–Kier alpha value is -2.89. The molecule has 3 heterocycles. The Morgan fingerprint density at radius 3 is 2.96 bits per heavy atom. The fourth-order valence-corrected chi connectivity index (χ4v) is 3.24. The molecule has 3 aromatic rings. The van der Waals surface area contributed by atoms with Gasteiger partial charge in [0.1, 0.15) is 6.61 Å². The highest BCUT2D eigenvalue weighted by Crippen LogP contribution is 2.26. The zero-order valence-electron chi connectivity index (χ0n) is 13.9. The summed E-state index contributed by atoms with van der Waals surface area (Å²) in [5.41, 5.74) is 1.98. The van der Waals surface area contributed by atoms with Crippen LogP contribution in [0.4, 0.5) is 4.79 Å². The number of aromatic nitrogens is 3. The number of rotatable bonds is 3. The van der Waals surface area contributed by atoms with Crippen LogP contribution in [0.1, 0.15) is 30.0 Å². The molecule has 0 N–H and O–H groups in total. The zero-order chi connectivity index (χ0) is 17.1. The van der Waals surface area contributed by atoms with Crippen molar-refractivity contribution in [3.05, 3.63) is 66.2 Å². The standard InChI is InChI=1S/C19H20N4O2/c24-19(25-14-15-6-2-1-3-7-15)23-10-4-8-16(12-23)17-13-22-11-5-9-20-18(22)21-17/h1-3,5-7,9,11,13,16H,4,8,10,12,14H2. The predicted octanol–water partition coefficient (Wildman–Crippen LogP) is 3.25. The van der Waals surface area contributed by atoms with Crippen molar-refractivity contribution in [1.82, 2.24) is 19.3 Å². The van der Waals surface area contributed by atoms with E-state index in [2.05, 4.69) is 9.97 Å². The van der Waals surface area contributed by atoms with Crippen molar-refractivity contribution in [2.45, 2.75) is 25.4 Å². The van der Waals surface area contributed by atoms with Gasteiger partial charge in [-0.05, 0) is 24.5 Å². The van der Waals surface area contributed by atoms with Crippen LogP contribution in [-0.2, 0) is 11.3 Å². The maximum Gasteiger partial charge on any atom is 0.410 e. The molecular formula is C19H20N4O2. The van der Waals surface area contributed by atoms with E-state index in [4.69, 9.17) is 4.74 Å². The van der Waals surface area contributed by atoms with Gasteiger partial charge >= 0.3 is 6.09 Å². The smallest absolute Gasteiger partial charge is 0.410 e. The average molecular weight is 336 g/mol. The number of fused-ring (bicyclic) bond motifs is 1. The number of likely N-dealkylation sites (tertiary alicyclic amines) is 1. The second kappa shape index (κ2) is 6.93. The van der Waals surface area contributed by atoms with Gasteiger partial charge in [0.2, 0.25) is 5.78 Å². The minimum absolute atomic E-state index is 0.222. The van der Waals surface area contributed by atoms with Crippen molar-refractivity contribution in [3.63, 3.8) is 0 Å². The van der Waals surface area contributed by atoms with Crippen molar-refractivity contribution in [2.24, 2.45) is 0 Å². The normalized spacial score (nSPS) is 17.6. The lowest BCUT2D eigenvalue weighted by molar-refractivity contribution is 0.0856. The Kier molecular flexibility index (Phi) is 4.33. The SMILES string of the molecule is O=C(OCc1ccccc1)N1CCCC(c2cn3cccnc3n2)C1. The molecule has 6 heteroatoms. The van der Waals surface area contributed by atoms with Crippen molar-refractivity contribution in [1.29, 1.82) is 0 Å². The largest absolute Gasteiger partial charge is 0.445 e. The van der Waals surface area contributed by atoms with Crippen LogP contribution in [-0.4, -0.2) is 38.5 Å². The summed E-state index contributed by atoms with van der Waals surface area (Å²) in [6.07, 6.45) is 7.40. The van der Waals surface area contributed by atoms with Crippen molar-refractivity contribution >= 4 is 11.9 Å². The molecule has 25 heavy (non-hydrogen) atoms. The van der Waals surface area contributed by atoms with Gasteiger partial charge in [-0.1, -0.05) is 30.3 Å². The van der Waals surface area contributed by atoms with E-state index in [1.807, 2.05) is 53.2 Å². The molecule has 1 aliphatic rings. The number of hydrogen-bond acceptors (Lipinski definition) is 4. The molecule has 4 rings (SSSR count). The summed E-state index contributed by atoms with van der Waals surface area (Å²) in [5.74, 6) is 0.918. The van der Waals surface area contributed by atoms with Crippen molar-refractivity contribution in [2.75, 3.05) is 13.1 Å². The first-order valence-corrected chi connectivity index (χ1v) is 8.55. The summed E-state index contributed by atoms with van der Waals surface area (Å²) in [6.45, 7) is 1.67. The van der Waals surface area contributed by atoms with E-state index in [9.17, 15) is 4.79 Å². The summed E-state index contributed by atoms with van der Waals surface area (Å²) < 4.78 is 7.38. The highest BCUT2D eigenvalue weighted by molar-refractivity contribution is 5.67. The fourth-order valence-electron chi connectivity index (χ4n) is 3.24. The minimum Gasteiger partial charge on any atom is -0.445 e. The van der Waals surface area contributed by atoms with Crippen molar-refractivity contribution < 1.29 is 9.53 Å². The molecule has 1 aromatic carbocycles. The third-order valence-electron chi connectivity index (χ3n) is 4.56.